The molecule has 0 saturated heterocycles. The Balaban J connectivity index is 2.31. The minimum absolute atomic E-state index is 0.0482. The molecule has 0 aliphatic carbocycles. The van der Waals surface area contributed by atoms with Crippen LogP contribution in [-0.2, 0) is 4.79 Å². The highest BCUT2D eigenvalue weighted by atomic mass is 19.1. The van der Waals surface area contributed by atoms with Gasteiger partial charge in [0.25, 0.3) is 0 Å². The molecule has 4 heteroatoms. The highest BCUT2D eigenvalue weighted by Gasteiger charge is 2.14. The van der Waals surface area contributed by atoms with Crippen LogP contribution in [0, 0.1) is 12.7 Å². The molecule has 0 spiro atoms. The second-order valence-electron chi connectivity index (χ2n) is 4.58. The zero-order valence-corrected chi connectivity index (χ0v) is 11.3. The molecule has 0 unspecified atom stereocenters. The molecule has 0 atom stereocenters. The summed E-state index contributed by atoms with van der Waals surface area (Å²) < 4.78 is 13.8. The van der Waals surface area contributed by atoms with Gasteiger partial charge < -0.3 is 4.90 Å². The van der Waals surface area contributed by atoms with E-state index in [4.69, 9.17) is 0 Å². The van der Waals surface area contributed by atoms with Crippen molar-refractivity contribution in [1.82, 2.24) is 0 Å². The number of carbonyl (C=O) groups is 2. The predicted molar refractivity (Wildman–Crippen MR) is 75.5 cm³/mol. The van der Waals surface area contributed by atoms with Gasteiger partial charge in [0.15, 0.2) is 5.78 Å². The fourth-order valence-corrected chi connectivity index (χ4v) is 1.87. The molecular weight excluding hydrogens is 257 g/mol. The van der Waals surface area contributed by atoms with Gasteiger partial charge in [0.1, 0.15) is 5.82 Å². The van der Waals surface area contributed by atoms with Crippen molar-refractivity contribution in [1.29, 1.82) is 0 Å². The van der Waals surface area contributed by atoms with Crippen molar-refractivity contribution in [2.75, 3.05) is 11.9 Å². The summed E-state index contributed by atoms with van der Waals surface area (Å²) in [5.41, 5.74) is 1.87. The fourth-order valence-electron chi connectivity index (χ4n) is 1.87. The second kappa shape index (κ2) is 5.65. The first-order chi connectivity index (χ1) is 9.52. The van der Waals surface area contributed by atoms with Gasteiger partial charge in [-0.25, -0.2) is 4.39 Å². The number of benzene rings is 2. The first-order valence-electron chi connectivity index (χ1n) is 6.12. The average molecular weight is 271 g/mol. The van der Waals surface area contributed by atoms with E-state index in [0.717, 1.165) is 5.56 Å². The van der Waals surface area contributed by atoms with Crippen LogP contribution in [0.15, 0.2) is 42.5 Å². The van der Waals surface area contributed by atoms with Crippen molar-refractivity contribution < 1.29 is 14.0 Å². The van der Waals surface area contributed by atoms with Crippen molar-refractivity contribution in [2.45, 2.75) is 6.92 Å². The Morgan fingerprint density at radius 2 is 1.80 bits per heavy atom. The Bertz CT molecular complexity index is 650. The van der Waals surface area contributed by atoms with Crippen molar-refractivity contribution in [3.8, 4) is 0 Å². The van der Waals surface area contributed by atoms with Crippen molar-refractivity contribution in [2.24, 2.45) is 0 Å². The van der Waals surface area contributed by atoms with Gasteiger partial charge >= 0.3 is 0 Å². The predicted octanol–water partition coefficient (Wildman–Crippen LogP) is 2.96. The smallest absolute Gasteiger partial charge is 0.213 e. The number of halogens is 1. The van der Waals surface area contributed by atoms with Crippen LogP contribution in [-0.4, -0.2) is 19.2 Å². The van der Waals surface area contributed by atoms with Gasteiger partial charge in [-0.3, -0.25) is 9.59 Å². The molecule has 0 bridgehead atoms. The average Bonchev–Trinajstić information content (AvgIpc) is 2.46. The number of hydrogen-bond donors (Lipinski definition) is 0. The summed E-state index contributed by atoms with van der Waals surface area (Å²) in [6.45, 7) is 1.77. The topological polar surface area (TPSA) is 37.4 Å². The summed E-state index contributed by atoms with van der Waals surface area (Å²) in [5.74, 6) is -0.896. The van der Waals surface area contributed by atoms with Gasteiger partial charge in [-0.1, -0.05) is 6.07 Å². The fraction of sp³-hybridized carbons (Fsp3) is 0.125. The summed E-state index contributed by atoms with van der Waals surface area (Å²) in [6, 6.07) is 11.0. The van der Waals surface area contributed by atoms with Crippen LogP contribution in [0.5, 0.6) is 0 Å². The van der Waals surface area contributed by atoms with Crippen molar-refractivity contribution in [3.05, 3.63) is 65.0 Å². The number of hydrogen-bond acceptors (Lipinski definition) is 2. The molecule has 102 valence electrons. The monoisotopic (exact) mass is 271 g/mol. The maximum atomic E-state index is 13.8. The normalized spacial score (nSPS) is 10.2. The molecule has 1 amide bonds. The number of ketones is 1. The van der Waals surface area contributed by atoms with E-state index in [-0.39, 0.29) is 11.3 Å². The molecule has 20 heavy (non-hydrogen) atoms. The molecule has 0 saturated carbocycles. The maximum absolute atomic E-state index is 13.8. The Kier molecular flexibility index (Phi) is 3.94. The number of rotatable bonds is 4. The Morgan fingerprint density at radius 3 is 2.35 bits per heavy atom. The van der Waals surface area contributed by atoms with E-state index in [9.17, 15) is 14.0 Å². The summed E-state index contributed by atoms with van der Waals surface area (Å²) in [4.78, 5) is 24.2. The summed E-state index contributed by atoms with van der Waals surface area (Å²) in [6.07, 6.45) is 0.677. The van der Waals surface area contributed by atoms with Crippen LogP contribution in [0.4, 0.5) is 10.1 Å². The molecule has 0 N–H and O–H groups in total. The Hall–Kier alpha value is -2.49. The minimum Gasteiger partial charge on any atom is -0.318 e. The molecule has 0 aliphatic heterocycles. The van der Waals surface area contributed by atoms with Gasteiger partial charge in [-0.05, 0) is 48.9 Å². The largest absolute Gasteiger partial charge is 0.318 e. The Morgan fingerprint density at radius 1 is 1.15 bits per heavy atom. The molecule has 0 heterocycles. The molecule has 0 radical (unpaired) electrons. The lowest BCUT2D eigenvalue weighted by molar-refractivity contribution is -0.107. The van der Waals surface area contributed by atoms with Crippen LogP contribution < -0.4 is 4.90 Å². The van der Waals surface area contributed by atoms with Crippen LogP contribution in [0.1, 0.15) is 21.5 Å². The van der Waals surface area contributed by atoms with Gasteiger partial charge in [0, 0.05) is 18.3 Å². The number of amides is 1. The summed E-state index contributed by atoms with van der Waals surface area (Å²) >= 11 is 0. The number of carbonyl (C=O) groups excluding carboxylic acids is 2. The number of anilines is 1. The van der Waals surface area contributed by atoms with Gasteiger partial charge in [0.05, 0.1) is 5.56 Å². The van der Waals surface area contributed by atoms with Gasteiger partial charge in [-0.2, -0.15) is 0 Å². The van der Waals surface area contributed by atoms with E-state index >= 15 is 0 Å². The first-order valence-corrected chi connectivity index (χ1v) is 6.12. The molecule has 0 aliphatic rings. The van der Waals surface area contributed by atoms with Crippen molar-refractivity contribution >= 4 is 17.9 Å². The quantitative estimate of drug-likeness (QED) is 0.633. The molecular formula is C16H14FNO2. The van der Waals surface area contributed by atoms with Crippen LogP contribution in [0.2, 0.25) is 0 Å². The molecule has 0 aromatic heterocycles. The lowest BCUT2D eigenvalue weighted by atomic mass is 10.0. The molecule has 3 nitrogen and oxygen atoms in total. The van der Waals surface area contributed by atoms with E-state index in [0.29, 0.717) is 17.7 Å². The van der Waals surface area contributed by atoms with Gasteiger partial charge in [0.2, 0.25) is 6.41 Å². The summed E-state index contributed by atoms with van der Waals surface area (Å²) in [5, 5.41) is 0. The maximum Gasteiger partial charge on any atom is 0.213 e. The standard InChI is InChI=1S/C16H14FNO2/c1-11-3-8-14(15(17)9-11)16(20)12-4-6-13(7-5-12)18(2)10-19/h3-10H,1-2H3. The van der Waals surface area contributed by atoms with Gasteiger partial charge in [-0.15, -0.1) is 0 Å². The first kappa shape index (κ1) is 13.9. The minimum atomic E-state index is -0.524. The van der Waals surface area contributed by atoms with E-state index in [1.54, 1.807) is 44.3 Å². The number of nitrogens with zero attached hydrogens (tertiary/aromatic N) is 1. The van der Waals surface area contributed by atoms with E-state index in [1.807, 2.05) is 0 Å². The molecule has 2 aromatic carbocycles. The number of aryl methyl sites for hydroxylation is 1. The molecule has 2 aromatic rings. The van der Waals surface area contributed by atoms with Crippen LogP contribution >= 0.6 is 0 Å². The molecule has 2 rings (SSSR count). The lowest BCUT2D eigenvalue weighted by Crippen LogP contribution is -2.13. The zero-order chi connectivity index (χ0) is 14.7. The highest BCUT2D eigenvalue weighted by Crippen LogP contribution is 2.18. The lowest BCUT2D eigenvalue weighted by Gasteiger charge is -2.11. The third kappa shape index (κ3) is 2.74. The van der Waals surface area contributed by atoms with E-state index in [1.165, 1.54) is 17.0 Å². The third-order valence-electron chi connectivity index (χ3n) is 3.06. The van der Waals surface area contributed by atoms with E-state index in [2.05, 4.69) is 0 Å². The molecule has 0 fully saturated rings. The van der Waals surface area contributed by atoms with Crippen LogP contribution in [0.3, 0.4) is 0 Å². The Labute approximate surface area is 116 Å². The second-order valence-corrected chi connectivity index (χ2v) is 4.58. The highest BCUT2D eigenvalue weighted by molar-refractivity contribution is 6.09. The third-order valence-corrected chi connectivity index (χ3v) is 3.06. The zero-order valence-electron chi connectivity index (χ0n) is 11.3. The summed E-state index contributed by atoms with van der Waals surface area (Å²) in [7, 11) is 1.61. The van der Waals surface area contributed by atoms with Crippen molar-refractivity contribution in [3.63, 3.8) is 0 Å². The van der Waals surface area contributed by atoms with Crippen LogP contribution in [0.25, 0.3) is 0 Å². The van der Waals surface area contributed by atoms with E-state index < -0.39 is 5.82 Å². The SMILES string of the molecule is Cc1ccc(C(=O)c2ccc(N(C)C=O)cc2)c(F)c1.